The Balaban J connectivity index is 2.07. The molecule has 1 fully saturated rings. The maximum Gasteiger partial charge on any atom is 0.0981 e. The van der Waals surface area contributed by atoms with Gasteiger partial charge in [-0.25, -0.2) is 0 Å². The van der Waals surface area contributed by atoms with Crippen LogP contribution in [0.4, 0.5) is 0 Å². The van der Waals surface area contributed by atoms with Gasteiger partial charge in [-0.3, -0.25) is 0 Å². The van der Waals surface area contributed by atoms with E-state index in [-0.39, 0.29) is 0 Å². The molecule has 1 unspecified atom stereocenters. The highest BCUT2D eigenvalue weighted by Crippen LogP contribution is 2.23. The van der Waals surface area contributed by atoms with E-state index in [1.54, 1.807) is 0 Å². The molecule has 1 aromatic rings. The van der Waals surface area contributed by atoms with Crippen molar-refractivity contribution in [2.75, 3.05) is 0 Å². The van der Waals surface area contributed by atoms with Crippen LogP contribution in [0.1, 0.15) is 31.4 Å². The molecular formula is C9H13N3S. The third-order valence-corrected chi connectivity index (χ3v) is 2.85. The van der Waals surface area contributed by atoms with Crippen molar-refractivity contribution >= 4 is 17.6 Å². The number of aromatic nitrogens is 2. The van der Waals surface area contributed by atoms with Crippen LogP contribution in [-0.4, -0.2) is 15.6 Å². The molecule has 2 rings (SSSR count). The first-order valence-electron chi connectivity index (χ1n) is 4.56. The van der Waals surface area contributed by atoms with Gasteiger partial charge in [-0.2, -0.15) is 0 Å². The quantitative estimate of drug-likeness (QED) is 0.743. The fourth-order valence-corrected chi connectivity index (χ4v) is 2.12. The Labute approximate surface area is 81.8 Å². The lowest BCUT2D eigenvalue weighted by Crippen LogP contribution is -2.23. The summed E-state index contributed by atoms with van der Waals surface area (Å²) in [5, 5.41) is 5.95. The van der Waals surface area contributed by atoms with Crippen LogP contribution < -0.4 is 5.73 Å². The highest BCUT2D eigenvalue weighted by molar-refractivity contribution is 7.03. The topological polar surface area (TPSA) is 51.8 Å². The minimum Gasteiger partial charge on any atom is -0.327 e. The lowest BCUT2D eigenvalue weighted by atomic mass is 9.91. The predicted octanol–water partition coefficient (Wildman–Crippen LogP) is 1.82. The molecule has 0 spiro atoms. The molecule has 0 saturated heterocycles. The average molecular weight is 195 g/mol. The van der Waals surface area contributed by atoms with Gasteiger partial charge < -0.3 is 5.73 Å². The van der Waals surface area contributed by atoms with Crippen molar-refractivity contribution in [3.05, 3.63) is 16.6 Å². The van der Waals surface area contributed by atoms with Crippen LogP contribution in [0.15, 0.2) is 11.0 Å². The summed E-state index contributed by atoms with van der Waals surface area (Å²) in [6, 6.07) is 0.353. The Morgan fingerprint density at radius 3 is 3.23 bits per heavy atom. The molecule has 0 bridgehead atoms. The largest absolute Gasteiger partial charge is 0.327 e. The molecule has 0 aromatic carbocycles. The Bertz CT molecular complexity index is 292. The molecule has 4 heteroatoms. The van der Waals surface area contributed by atoms with E-state index < -0.39 is 0 Å². The van der Waals surface area contributed by atoms with Gasteiger partial charge in [0.25, 0.3) is 0 Å². The second kappa shape index (κ2) is 3.98. The molecule has 70 valence electrons. The first-order chi connectivity index (χ1) is 6.34. The second-order valence-electron chi connectivity index (χ2n) is 3.49. The summed E-state index contributed by atoms with van der Waals surface area (Å²) in [6.07, 6.45) is 6.70. The lowest BCUT2D eigenvalue weighted by molar-refractivity contribution is 0.520. The normalized spacial score (nSPS) is 26.5. The van der Waals surface area contributed by atoms with Gasteiger partial charge in [-0.05, 0) is 43.3 Å². The summed E-state index contributed by atoms with van der Waals surface area (Å²) in [5.41, 5.74) is 8.28. The summed E-state index contributed by atoms with van der Waals surface area (Å²) in [7, 11) is 0. The summed E-state index contributed by atoms with van der Waals surface area (Å²) < 4.78 is 3.82. The Hall–Kier alpha value is -0.740. The highest BCUT2D eigenvalue weighted by atomic mass is 32.1. The summed E-state index contributed by atoms with van der Waals surface area (Å²) >= 11 is 1.39. The van der Waals surface area contributed by atoms with E-state index in [2.05, 4.69) is 15.7 Å². The maximum atomic E-state index is 5.88. The fourth-order valence-electron chi connectivity index (χ4n) is 1.71. The monoisotopic (exact) mass is 195 g/mol. The number of hydrogen-bond acceptors (Lipinski definition) is 4. The standard InChI is InChI=1S/C9H13N3S/c10-8-3-1-2-7(4-8)5-9-6-13-12-11-9/h5-6,8H,1-4,10H2/b7-5+. The van der Waals surface area contributed by atoms with Gasteiger partial charge in [-0.1, -0.05) is 10.1 Å². The number of nitrogens with two attached hydrogens (primary N) is 1. The number of nitrogens with zero attached hydrogens (tertiary/aromatic N) is 2. The molecule has 1 aromatic heterocycles. The van der Waals surface area contributed by atoms with Gasteiger partial charge >= 0.3 is 0 Å². The molecule has 1 heterocycles. The minimum absolute atomic E-state index is 0.353. The highest BCUT2D eigenvalue weighted by Gasteiger charge is 2.12. The van der Waals surface area contributed by atoms with Gasteiger partial charge in [0.15, 0.2) is 0 Å². The molecule has 0 amide bonds. The number of rotatable bonds is 1. The molecule has 1 aliphatic carbocycles. The second-order valence-corrected chi connectivity index (χ2v) is 4.10. The SMILES string of the molecule is NC1CCC/C(=C\c2csnn2)C1. The van der Waals surface area contributed by atoms with Crippen molar-refractivity contribution in [3.63, 3.8) is 0 Å². The number of hydrogen-bond donors (Lipinski definition) is 1. The van der Waals surface area contributed by atoms with Gasteiger partial charge in [0, 0.05) is 11.4 Å². The first kappa shape index (κ1) is 8.84. The molecule has 1 atom stereocenters. The van der Waals surface area contributed by atoms with Gasteiger partial charge in [-0.15, -0.1) is 5.10 Å². The zero-order chi connectivity index (χ0) is 9.10. The predicted molar refractivity (Wildman–Crippen MR) is 54.3 cm³/mol. The van der Waals surface area contributed by atoms with Crippen molar-refractivity contribution in [3.8, 4) is 0 Å². The molecule has 3 nitrogen and oxygen atoms in total. The third kappa shape index (κ3) is 2.35. The molecule has 0 radical (unpaired) electrons. The van der Waals surface area contributed by atoms with E-state index in [9.17, 15) is 0 Å². The Morgan fingerprint density at radius 2 is 2.54 bits per heavy atom. The van der Waals surface area contributed by atoms with E-state index in [0.29, 0.717) is 6.04 Å². The lowest BCUT2D eigenvalue weighted by Gasteiger charge is -2.19. The molecular weight excluding hydrogens is 182 g/mol. The first-order valence-corrected chi connectivity index (χ1v) is 5.40. The molecule has 1 aliphatic rings. The van der Waals surface area contributed by atoms with Gasteiger partial charge in [0.2, 0.25) is 0 Å². The zero-order valence-electron chi connectivity index (χ0n) is 7.44. The zero-order valence-corrected chi connectivity index (χ0v) is 8.26. The van der Waals surface area contributed by atoms with Crippen LogP contribution in [0.25, 0.3) is 6.08 Å². The Kier molecular flexibility index (Phi) is 2.71. The molecule has 1 saturated carbocycles. The third-order valence-electron chi connectivity index (χ3n) is 2.33. The molecule has 13 heavy (non-hydrogen) atoms. The summed E-state index contributed by atoms with van der Waals surface area (Å²) in [6.45, 7) is 0. The van der Waals surface area contributed by atoms with Crippen molar-refractivity contribution in [2.24, 2.45) is 5.73 Å². The van der Waals surface area contributed by atoms with Gasteiger partial charge in [0.05, 0.1) is 5.69 Å². The van der Waals surface area contributed by atoms with E-state index in [4.69, 9.17) is 5.73 Å². The fraction of sp³-hybridized carbons (Fsp3) is 0.556. The van der Waals surface area contributed by atoms with Crippen LogP contribution in [0.2, 0.25) is 0 Å². The van der Waals surface area contributed by atoms with E-state index in [0.717, 1.165) is 18.5 Å². The van der Waals surface area contributed by atoms with Crippen LogP contribution in [0.5, 0.6) is 0 Å². The molecule has 2 N–H and O–H groups in total. The van der Waals surface area contributed by atoms with Gasteiger partial charge in [0.1, 0.15) is 0 Å². The van der Waals surface area contributed by atoms with E-state index in [1.807, 2.05) is 5.38 Å². The summed E-state index contributed by atoms with van der Waals surface area (Å²) in [5.74, 6) is 0. The van der Waals surface area contributed by atoms with Crippen LogP contribution in [-0.2, 0) is 0 Å². The van der Waals surface area contributed by atoms with Crippen LogP contribution >= 0.6 is 11.5 Å². The Morgan fingerprint density at radius 1 is 1.62 bits per heavy atom. The van der Waals surface area contributed by atoms with Crippen LogP contribution in [0.3, 0.4) is 0 Å². The molecule has 0 aliphatic heterocycles. The van der Waals surface area contributed by atoms with Crippen molar-refractivity contribution in [1.82, 2.24) is 9.59 Å². The van der Waals surface area contributed by atoms with Crippen LogP contribution in [0, 0.1) is 0 Å². The summed E-state index contributed by atoms with van der Waals surface area (Å²) in [4.78, 5) is 0. The minimum atomic E-state index is 0.353. The van der Waals surface area contributed by atoms with E-state index in [1.165, 1.54) is 29.9 Å². The smallest absolute Gasteiger partial charge is 0.0981 e. The maximum absolute atomic E-state index is 5.88. The van der Waals surface area contributed by atoms with Crippen molar-refractivity contribution in [1.29, 1.82) is 0 Å². The van der Waals surface area contributed by atoms with Crippen molar-refractivity contribution in [2.45, 2.75) is 31.7 Å². The van der Waals surface area contributed by atoms with E-state index >= 15 is 0 Å². The van der Waals surface area contributed by atoms with Crippen molar-refractivity contribution < 1.29 is 0 Å². The average Bonchev–Trinajstić information content (AvgIpc) is 2.57.